The molecule has 0 radical (unpaired) electrons. The van der Waals surface area contributed by atoms with Gasteiger partial charge in [-0.25, -0.2) is 0 Å². The molecule has 94 valence electrons. The summed E-state index contributed by atoms with van der Waals surface area (Å²) in [6.07, 6.45) is 1.83. The minimum absolute atomic E-state index is 0.0135. The number of amides is 1. The number of carbonyl (C=O) groups excluding carboxylic acids is 1. The molecule has 1 aromatic heterocycles. The Kier molecular flexibility index (Phi) is 3.79. The summed E-state index contributed by atoms with van der Waals surface area (Å²) in [6, 6.07) is 11.1. The Hall–Kier alpha value is -2.07. The van der Waals surface area contributed by atoms with Gasteiger partial charge in [0.05, 0.1) is 6.61 Å². The Morgan fingerprint density at radius 1 is 1.28 bits per heavy atom. The van der Waals surface area contributed by atoms with Crippen LogP contribution in [0.25, 0.3) is 0 Å². The van der Waals surface area contributed by atoms with Gasteiger partial charge in [-0.3, -0.25) is 4.79 Å². The second-order valence-corrected chi connectivity index (χ2v) is 4.17. The van der Waals surface area contributed by atoms with Crippen LogP contribution in [0.2, 0.25) is 0 Å². The van der Waals surface area contributed by atoms with Crippen LogP contribution in [-0.4, -0.2) is 15.6 Å². The van der Waals surface area contributed by atoms with E-state index in [1.165, 1.54) is 0 Å². The molecule has 0 unspecified atom stereocenters. The molecule has 0 bridgehead atoms. The summed E-state index contributed by atoms with van der Waals surface area (Å²) in [7, 11) is 1.83. The zero-order chi connectivity index (χ0) is 13.0. The molecule has 1 aromatic carbocycles. The molecular formula is C14H16N2O2. The molecule has 0 spiro atoms. The first-order valence-electron chi connectivity index (χ1n) is 5.79. The second kappa shape index (κ2) is 5.51. The van der Waals surface area contributed by atoms with Crippen LogP contribution in [0.3, 0.4) is 0 Å². The van der Waals surface area contributed by atoms with Crippen molar-refractivity contribution < 1.29 is 9.90 Å². The van der Waals surface area contributed by atoms with Crippen molar-refractivity contribution in [3.8, 4) is 0 Å². The van der Waals surface area contributed by atoms with Crippen molar-refractivity contribution in [3.05, 3.63) is 59.4 Å². The molecule has 1 amide bonds. The van der Waals surface area contributed by atoms with E-state index in [1.807, 2.05) is 43.6 Å². The van der Waals surface area contributed by atoms with E-state index >= 15 is 0 Å². The van der Waals surface area contributed by atoms with Crippen LogP contribution in [-0.2, 0) is 20.2 Å². The number of aryl methyl sites for hydroxylation is 1. The zero-order valence-corrected chi connectivity index (χ0v) is 10.3. The van der Waals surface area contributed by atoms with E-state index in [-0.39, 0.29) is 12.5 Å². The molecule has 2 N–H and O–H groups in total. The predicted octanol–water partition coefficient (Wildman–Crippen LogP) is 1.45. The quantitative estimate of drug-likeness (QED) is 0.855. The molecule has 0 saturated heterocycles. The first-order chi connectivity index (χ1) is 8.70. The van der Waals surface area contributed by atoms with Gasteiger partial charge in [0.15, 0.2) is 0 Å². The predicted molar refractivity (Wildman–Crippen MR) is 68.9 cm³/mol. The van der Waals surface area contributed by atoms with Gasteiger partial charge in [-0.05, 0) is 23.3 Å². The Balaban J connectivity index is 1.99. The molecule has 2 aromatic rings. The summed E-state index contributed by atoms with van der Waals surface area (Å²) >= 11 is 0. The fourth-order valence-corrected chi connectivity index (χ4v) is 1.81. The van der Waals surface area contributed by atoms with Crippen LogP contribution in [0.5, 0.6) is 0 Å². The molecule has 2 rings (SSSR count). The van der Waals surface area contributed by atoms with Crippen molar-refractivity contribution in [3.63, 3.8) is 0 Å². The molecule has 4 nitrogen and oxygen atoms in total. The summed E-state index contributed by atoms with van der Waals surface area (Å²) in [6.45, 7) is 0.470. The lowest BCUT2D eigenvalue weighted by Gasteiger charge is -2.07. The van der Waals surface area contributed by atoms with Crippen LogP contribution in [0, 0.1) is 0 Å². The fourth-order valence-electron chi connectivity index (χ4n) is 1.81. The summed E-state index contributed by atoms with van der Waals surface area (Å²) in [5.41, 5.74) is 2.46. The Bertz CT molecular complexity index is 546. The van der Waals surface area contributed by atoms with Crippen molar-refractivity contribution in [2.75, 3.05) is 0 Å². The maximum Gasteiger partial charge on any atom is 0.268 e. The molecule has 18 heavy (non-hydrogen) atoms. The van der Waals surface area contributed by atoms with Gasteiger partial charge in [-0.1, -0.05) is 24.3 Å². The monoisotopic (exact) mass is 244 g/mol. The topological polar surface area (TPSA) is 54.3 Å². The maximum absolute atomic E-state index is 11.9. The average molecular weight is 244 g/mol. The van der Waals surface area contributed by atoms with Gasteiger partial charge in [0.2, 0.25) is 0 Å². The number of aromatic nitrogens is 1. The van der Waals surface area contributed by atoms with Gasteiger partial charge in [0, 0.05) is 19.8 Å². The van der Waals surface area contributed by atoms with E-state index in [0.717, 1.165) is 11.1 Å². The van der Waals surface area contributed by atoms with Gasteiger partial charge in [0.1, 0.15) is 5.69 Å². The smallest absolute Gasteiger partial charge is 0.268 e. The SMILES string of the molecule is Cn1cccc1C(=O)NCc1cccc(CO)c1. The maximum atomic E-state index is 11.9. The number of hydrogen-bond donors (Lipinski definition) is 2. The summed E-state index contributed by atoms with van der Waals surface area (Å²) in [5.74, 6) is -0.100. The van der Waals surface area contributed by atoms with Crippen molar-refractivity contribution >= 4 is 5.91 Å². The second-order valence-electron chi connectivity index (χ2n) is 4.17. The van der Waals surface area contributed by atoms with Crippen LogP contribution < -0.4 is 5.32 Å². The highest BCUT2D eigenvalue weighted by atomic mass is 16.3. The summed E-state index contributed by atoms with van der Waals surface area (Å²) < 4.78 is 1.78. The third kappa shape index (κ3) is 2.78. The number of nitrogens with zero attached hydrogens (tertiary/aromatic N) is 1. The van der Waals surface area contributed by atoms with E-state index < -0.39 is 0 Å². The van der Waals surface area contributed by atoms with E-state index in [0.29, 0.717) is 12.2 Å². The van der Waals surface area contributed by atoms with Crippen LogP contribution in [0.1, 0.15) is 21.6 Å². The number of carbonyl (C=O) groups is 1. The van der Waals surface area contributed by atoms with Crippen LogP contribution >= 0.6 is 0 Å². The van der Waals surface area contributed by atoms with Gasteiger partial charge in [-0.2, -0.15) is 0 Å². The Morgan fingerprint density at radius 2 is 2.06 bits per heavy atom. The van der Waals surface area contributed by atoms with E-state index in [4.69, 9.17) is 5.11 Å². The van der Waals surface area contributed by atoms with Crippen LogP contribution in [0.15, 0.2) is 42.6 Å². The zero-order valence-electron chi connectivity index (χ0n) is 10.3. The van der Waals surface area contributed by atoms with E-state index in [2.05, 4.69) is 5.32 Å². The lowest BCUT2D eigenvalue weighted by molar-refractivity contribution is 0.0943. The van der Waals surface area contributed by atoms with Gasteiger partial charge >= 0.3 is 0 Å². The highest BCUT2D eigenvalue weighted by Gasteiger charge is 2.07. The first kappa shape index (κ1) is 12.4. The number of aliphatic hydroxyl groups is 1. The molecule has 4 heteroatoms. The standard InChI is InChI=1S/C14H16N2O2/c1-16-7-3-6-13(16)14(18)15-9-11-4-2-5-12(8-11)10-17/h2-8,17H,9-10H2,1H3,(H,15,18). The van der Waals surface area contributed by atoms with E-state index in [1.54, 1.807) is 10.6 Å². The molecule has 0 aliphatic rings. The molecule has 0 aliphatic carbocycles. The van der Waals surface area contributed by atoms with Crippen molar-refractivity contribution in [1.82, 2.24) is 9.88 Å². The molecule has 0 atom stereocenters. The lowest BCUT2D eigenvalue weighted by atomic mass is 10.1. The van der Waals surface area contributed by atoms with Gasteiger partial charge in [-0.15, -0.1) is 0 Å². The molecular weight excluding hydrogens is 228 g/mol. The van der Waals surface area contributed by atoms with Crippen LogP contribution in [0.4, 0.5) is 0 Å². The number of rotatable bonds is 4. The minimum atomic E-state index is -0.100. The highest BCUT2D eigenvalue weighted by molar-refractivity contribution is 5.92. The van der Waals surface area contributed by atoms with Gasteiger partial charge < -0.3 is 15.0 Å². The van der Waals surface area contributed by atoms with Gasteiger partial charge in [0.25, 0.3) is 5.91 Å². The average Bonchev–Trinajstić information content (AvgIpc) is 2.82. The fraction of sp³-hybridized carbons (Fsp3) is 0.214. The summed E-state index contributed by atoms with van der Waals surface area (Å²) in [5, 5.41) is 11.9. The van der Waals surface area contributed by atoms with Crippen molar-refractivity contribution in [1.29, 1.82) is 0 Å². The Morgan fingerprint density at radius 3 is 2.72 bits per heavy atom. The summed E-state index contributed by atoms with van der Waals surface area (Å²) in [4.78, 5) is 11.9. The first-order valence-corrected chi connectivity index (χ1v) is 5.79. The lowest BCUT2D eigenvalue weighted by Crippen LogP contribution is -2.24. The van der Waals surface area contributed by atoms with E-state index in [9.17, 15) is 4.79 Å². The Labute approximate surface area is 106 Å². The largest absolute Gasteiger partial charge is 0.392 e. The number of aliphatic hydroxyl groups excluding tert-OH is 1. The number of benzene rings is 1. The third-order valence-corrected chi connectivity index (χ3v) is 2.80. The molecule has 0 fully saturated rings. The van der Waals surface area contributed by atoms with Crippen molar-refractivity contribution in [2.45, 2.75) is 13.2 Å². The molecule has 0 saturated carbocycles. The normalized spacial score (nSPS) is 10.3. The number of nitrogens with one attached hydrogen (secondary N) is 1. The molecule has 0 aliphatic heterocycles. The minimum Gasteiger partial charge on any atom is -0.392 e. The number of hydrogen-bond acceptors (Lipinski definition) is 2. The molecule has 1 heterocycles. The highest BCUT2D eigenvalue weighted by Crippen LogP contribution is 2.06. The third-order valence-electron chi connectivity index (χ3n) is 2.80. The van der Waals surface area contributed by atoms with Crippen molar-refractivity contribution in [2.24, 2.45) is 7.05 Å².